The lowest BCUT2D eigenvalue weighted by atomic mass is 10.2. The summed E-state index contributed by atoms with van der Waals surface area (Å²) in [6, 6.07) is 10.6. The summed E-state index contributed by atoms with van der Waals surface area (Å²) in [5.74, 6) is -0.362. The maximum absolute atomic E-state index is 12.6. The number of esters is 1. The summed E-state index contributed by atoms with van der Waals surface area (Å²) in [4.78, 5) is 32.8. The molecule has 1 saturated heterocycles. The van der Waals surface area contributed by atoms with Crippen LogP contribution in [0.4, 0.5) is 11.4 Å². The van der Waals surface area contributed by atoms with Crippen LogP contribution in [-0.4, -0.2) is 66.0 Å². The van der Waals surface area contributed by atoms with Crippen LogP contribution in [0.3, 0.4) is 0 Å². The van der Waals surface area contributed by atoms with E-state index in [0.717, 1.165) is 44.1 Å². The molecule has 1 fully saturated rings. The third kappa shape index (κ3) is 4.86. The lowest BCUT2D eigenvalue weighted by Gasteiger charge is -2.33. The molecule has 28 heavy (non-hydrogen) atoms. The minimum atomic E-state index is -0.335. The first kappa shape index (κ1) is 19.8. The van der Waals surface area contributed by atoms with Crippen LogP contribution in [0.15, 0.2) is 42.6 Å². The van der Waals surface area contributed by atoms with E-state index < -0.39 is 0 Å². The van der Waals surface area contributed by atoms with E-state index >= 15 is 0 Å². The van der Waals surface area contributed by atoms with Crippen molar-refractivity contribution < 1.29 is 14.3 Å². The molecule has 0 spiro atoms. The molecule has 7 heteroatoms. The third-order valence-electron chi connectivity index (χ3n) is 4.77. The van der Waals surface area contributed by atoms with E-state index in [1.807, 2.05) is 11.0 Å². The van der Waals surface area contributed by atoms with Crippen molar-refractivity contribution in [3.63, 3.8) is 0 Å². The number of rotatable bonds is 6. The molecule has 0 radical (unpaired) electrons. The SMILES string of the molecule is CCOC(=O)c1ccc(Nc2ccc(C(=O)N3CCN(CC)CC3)nc2)cc1. The highest BCUT2D eigenvalue weighted by Gasteiger charge is 2.22. The van der Waals surface area contributed by atoms with Gasteiger partial charge in [-0.15, -0.1) is 0 Å². The Morgan fingerprint density at radius 1 is 1.00 bits per heavy atom. The molecule has 1 aliphatic rings. The second-order valence-electron chi connectivity index (χ2n) is 6.58. The number of piperazine rings is 1. The molecule has 2 aromatic rings. The van der Waals surface area contributed by atoms with Gasteiger partial charge in [-0.25, -0.2) is 9.78 Å². The van der Waals surface area contributed by atoms with Gasteiger partial charge in [0.1, 0.15) is 5.69 Å². The minimum Gasteiger partial charge on any atom is -0.462 e. The highest BCUT2D eigenvalue weighted by Crippen LogP contribution is 2.18. The summed E-state index contributed by atoms with van der Waals surface area (Å²) in [5.41, 5.74) is 2.56. The highest BCUT2D eigenvalue weighted by atomic mass is 16.5. The first-order valence-electron chi connectivity index (χ1n) is 9.62. The summed E-state index contributed by atoms with van der Waals surface area (Å²) in [7, 11) is 0. The molecular weight excluding hydrogens is 356 g/mol. The quantitative estimate of drug-likeness (QED) is 0.775. The van der Waals surface area contributed by atoms with Gasteiger partial charge in [-0.1, -0.05) is 6.92 Å². The van der Waals surface area contributed by atoms with Crippen LogP contribution >= 0.6 is 0 Å². The number of carbonyl (C=O) groups is 2. The molecule has 1 aromatic heterocycles. The van der Waals surface area contributed by atoms with Crippen molar-refractivity contribution >= 4 is 23.3 Å². The van der Waals surface area contributed by atoms with Gasteiger partial charge in [0.05, 0.1) is 24.1 Å². The number of anilines is 2. The second kappa shape index (κ2) is 9.32. The average Bonchev–Trinajstić information content (AvgIpc) is 2.74. The van der Waals surface area contributed by atoms with Crippen molar-refractivity contribution in [1.29, 1.82) is 0 Å². The molecule has 0 saturated carbocycles. The van der Waals surface area contributed by atoms with Crippen LogP contribution in [0.1, 0.15) is 34.7 Å². The Balaban J connectivity index is 1.58. The van der Waals surface area contributed by atoms with E-state index in [2.05, 4.69) is 22.1 Å². The van der Waals surface area contributed by atoms with E-state index in [-0.39, 0.29) is 11.9 Å². The van der Waals surface area contributed by atoms with Gasteiger partial charge < -0.3 is 19.9 Å². The molecular formula is C21H26N4O3. The number of benzene rings is 1. The van der Waals surface area contributed by atoms with Crippen LogP contribution in [0.5, 0.6) is 0 Å². The number of nitrogens with zero attached hydrogens (tertiary/aromatic N) is 3. The molecule has 3 rings (SSSR count). The standard InChI is InChI=1S/C21H26N4O3/c1-3-24-11-13-25(14-12-24)20(26)19-10-9-18(15-22-19)23-17-7-5-16(6-8-17)21(27)28-4-2/h5-10,15,23H,3-4,11-14H2,1-2H3. The summed E-state index contributed by atoms with van der Waals surface area (Å²) in [6.45, 7) is 8.57. The van der Waals surface area contributed by atoms with Gasteiger partial charge in [-0.05, 0) is 49.9 Å². The van der Waals surface area contributed by atoms with Crippen LogP contribution in [-0.2, 0) is 4.74 Å². The predicted octanol–water partition coefficient (Wildman–Crippen LogP) is 2.78. The third-order valence-corrected chi connectivity index (χ3v) is 4.77. The number of pyridine rings is 1. The van der Waals surface area contributed by atoms with Gasteiger partial charge in [0.25, 0.3) is 5.91 Å². The van der Waals surface area contributed by atoms with Crippen molar-refractivity contribution in [1.82, 2.24) is 14.8 Å². The van der Waals surface area contributed by atoms with Gasteiger partial charge >= 0.3 is 5.97 Å². The Bertz CT molecular complexity index is 797. The van der Waals surface area contributed by atoms with Gasteiger partial charge in [0, 0.05) is 31.9 Å². The molecule has 1 aromatic carbocycles. The number of likely N-dealkylation sites (N-methyl/N-ethyl adjacent to an activating group) is 1. The summed E-state index contributed by atoms with van der Waals surface area (Å²) < 4.78 is 4.98. The zero-order chi connectivity index (χ0) is 19.9. The molecule has 0 unspecified atom stereocenters. The Morgan fingerprint density at radius 3 is 2.25 bits per heavy atom. The van der Waals surface area contributed by atoms with E-state index in [1.54, 1.807) is 43.5 Å². The Kier molecular flexibility index (Phi) is 6.60. The Hall–Kier alpha value is -2.93. The van der Waals surface area contributed by atoms with Crippen LogP contribution in [0.2, 0.25) is 0 Å². The number of carbonyl (C=O) groups excluding carboxylic acids is 2. The lowest BCUT2D eigenvalue weighted by Crippen LogP contribution is -2.48. The summed E-state index contributed by atoms with van der Waals surface area (Å²) >= 11 is 0. The van der Waals surface area contributed by atoms with Crippen molar-refractivity contribution in [2.45, 2.75) is 13.8 Å². The van der Waals surface area contributed by atoms with Crippen molar-refractivity contribution in [2.75, 3.05) is 44.6 Å². The number of hydrogen-bond acceptors (Lipinski definition) is 6. The minimum absolute atomic E-state index is 0.0268. The van der Waals surface area contributed by atoms with E-state index in [4.69, 9.17) is 4.74 Å². The second-order valence-corrected chi connectivity index (χ2v) is 6.58. The lowest BCUT2D eigenvalue weighted by molar-refractivity contribution is 0.0526. The monoisotopic (exact) mass is 382 g/mol. The first-order chi connectivity index (χ1) is 13.6. The normalized spacial score (nSPS) is 14.6. The molecule has 0 aliphatic carbocycles. The number of ether oxygens (including phenoxy) is 1. The molecule has 1 amide bonds. The van der Waals surface area contributed by atoms with E-state index in [9.17, 15) is 9.59 Å². The molecule has 7 nitrogen and oxygen atoms in total. The van der Waals surface area contributed by atoms with Crippen LogP contribution in [0.25, 0.3) is 0 Å². The van der Waals surface area contributed by atoms with Gasteiger partial charge in [-0.2, -0.15) is 0 Å². The molecule has 1 N–H and O–H groups in total. The topological polar surface area (TPSA) is 74.8 Å². The maximum Gasteiger partial charge on any atom is 0.338 e. The Labute approximate surface area is 165 Å². The van der Waals surface area contributed by atoms with Gasteiger partial charge in [0.15, 0.2) is 0 Å². The summed E-state index contributed by atoms with van der Waals surface area (Å²) in [5, 5.41) is 3.21. The van der Waals surface area contributed by atoms with Crippen molar-refractivity contribution in [3.05, 3.63) is 53.9 Å². The predicted molar refractivity (Wildman–Crippen MR) is 108 cm³/mol. The number of aromatic nitrogens is 1. The fourth-order valence-corrected chi connectivity index (χ4v) is 3.09. The maximum atomic E-state index is 12.6. The molecule has 0 atom stereocenters. The fourth-order valence-electron chi connectivity index (χ4n) is 3.09. The van der Waals surface area contributed by atoms with Gasteiger partial charge in [-0.3, -0.25) is 4.79 Å². The molecule has 0 bridgehead atoms. The largest absolute Gasteiger partial charge is 0.462 e. The number of nitrogens with one attached hydrogen (secondary N) is 1. The molecule has 148 valence electrons. The smallest absolute Gasteiger partial charge is 0.338 e. The zero-order valence-corrected chi connectivity index (χ0v) is 16.4. The number of hydrogen-bond donors (Lipinski definition) is 1. The van der Waals surface area contributed by atoms with Gasteiger partial charge in [0.2, 0.25) is 0 Å². The van der Waals surface area contributed by atoms with Crippen LogP contribution in [0, 0.1) is 0 Å². The fraction of sp³-hybridized carbons (Fsp3) is 0.381. The number of amides is 1. The Morgan fingerprint density at radius 2 is 1.68 bits per heavy atom. The molecule has 2 heterocycles. The highest BCUT2D eigenvalue weighted by molar-refractivity contribution is 5.92. The van der Waals surface area contributed by atoms with Crippen LogP contribution < -0.4 is 5.32 Å². The first-order valence-corrected chi connectivity index (χ1v) is 9.62. The van der Waals surface area contributed by atoms with E-state index in [1.165, 1.54) is 0 Å². The van der Waals surface area contributed by atoms with Crippen molar-refractivity contribution in [3.8, 4) is 0 Å². The zero-order valence-electron chi connectivity index (χ0n) is 16.4. The molecule has 1 aliphatic heterocycles. The average molecular weight is 382 g/mol. The summed E-state index contributed by atoms with van der Waals surface area (Å²) in [6.07, 6.45) is 1.65. The van der Waals surface area contributed by atoms with Crippen molar-refractivity contribution in [2.24, 2.45) is 0 Å². The van der Waals surface area contributed by atoms with E-state index in [0.29, 0.717) is 17.9 Å².